The number of nitrogens with zero attached hydrogens (tertiary/aromatic N) is 3. The standard InChI is InChI=1S/C19H16ClFN6/c20-15-9-13(5-6-16(15)21)25-18-11-24-27-19(26-18)22-8-7-12-10-23-17-4-2-1-3-14(12)17/h1-6,9-11,23H,7-8H2,(H2,22,25,26,27). The van der Waals surface area contributed by atoms with Crippen LogP contribution in [0.5, 0.6) is 0 Å². The van der Waals surface area contributed by atoms with E-state index < -0.39 is 5.82 Å². The van der Waals surface area contributed by atoms with Crippen molar-refractivity contribution in [2.24, 2.45) is 0 Å². The zero-order chi connectivity index (χ0) is 18.6. The highest BCUT2D eigenvalue weighted by Crippen LogP contribution is 2.22. The maximum atomic E-state index is 13.2. The summed E-state index contributed by atoms with van der Waals surface area (Å²) in [5, 5.41) is 15.4. The number of H-pyrrole nitrogens is 1. The van der Waals surface area contributed by atoms with Crippen LogP contribution in [0.15, 0.2) is 54.9 Å². The molecular weight excluding hydrogens is 367 g/mol. The number of halogens is 2. The van der Waals surface area contributed by atoms with Gasteiger partial charge in [0.15, 0.2) is 5.82 Å². The molecule has 0 aliphatic carbocycles. The van der Waals surface area contributed by atoms with Gasteiger partial charge in [0.2, 0.25) is 5.95 Å². The average Bonchev–Trinajstić information content (AvgIpc) is 3.09. The summed E-state index contributed by atoms with van der Waals surface area (Å²) in [6, 6.07) is 12.5. The average molecular weight is 383 g/mol. The lowest BCUT2D eigenvalue weighted by atomic mass is 10.1. The monoisotopic (exact) mass is 382 g/mol. The normalized spacial score (nSPS) is 10.9. The molecule has 4 rings (SSSR count). The lowest BCUT2D eigenvalue weighted by Gasteiger charge is -2.08. The van der Waals surface area contributed by atoms with Crippen LogP contribution in [0.25, 0.3) is 10.9 Å². The minimum absolute atomic E-state index is 0.0408. The molecule has 2 aromatic carbocycles. The molecule has 27 heavy (non-hydrogen) atoms. The van der Waals surface area contributed by atoms with Gasteiger partial charge in [0.25, 0.3) is 0 Å². The van der Waals surface area contributed by atoms with Crippen LogP contribution < -0.4 is 10.6 Å². The summed E-state index contributed by atoms with van der Waals surface area (Å²) in [5.41, 5.74) is 2.96. The Kier molecular flexibility index (Phi) is 4.84. The minimum Gasteiger partial charge on any atom is -0.361 e. The summed E-state index contributed by atoms with van der Waals surface area (Å²) in [5.74, 6) is 0.429. The van der Waals surface area contributed by atoms with Gasteiger partial charge in [-0.05, 0) is 36.2 Å². The van der Waals surface area contributed by atoms with E-state index >= 15 is 0 Å². The van der Waals surface area contributed by atoms with Crippen molar-refractivity contribution in [3.63, 3.8) is 0 Å². The van der Waals surface area contributed by atoms with Gasteiger partial charge < -0.3 is 15.6 Å². The zero-order valence-corrected chi connectivity index (χ0v) is 15.0. The number of hydrogen-bond donors (Lipinski definition) is 3. The fraction of sp³-hybridized carbons (Fsp3) is 0.105. The molecule has 0 aliphatic heterocycles. The smallest absolute Gasteiger partial charge is 0.244 e. The quantitative estimate of drug-likeness (QED) is 0.456. The van der Waals surface area contributed by atoms with Gasteiger partial charge in [0.1, 0.15) is 5.82 Å². The van der Waals surface area contributed by atoms with Crippen molar-refractivity contribution in [2.75, 3.05) is 17.2 Å². The van der Waals surface area contributed by atoms with E-state index in [0.29, 0.717) is 24.0 Å². The summed E-state index contributed by atoms with van der Waals surface area (Å²) >= 11 is 5.79. The van der Waals surface area contributed by atoms with Gasteiger partial charge in [-0.3, -0.25) is 0 Å². The third-order valence-corrected chi connectivity index (χ3v) is 4.39. The van der Waals surface area contributed by atoms with Crippen molar-refractivity contribution < 1.29 is 4.39 Å². The fourth-order valence-corrected chi connectivity index (χ4v) is 2.99. The predicted octanol–water partition coefficient (Wildman–Crippen LogP) is 4.54. The summed E-state index contributed by atoms with van der Waals surface area (Å²) in [6.45, 7) is 0.662. The van der Waals surface area contributed by atoms with E-state index in [-0.39, 0.29) is 5.02 Å². The van der Waals surface area contributed by atoms with Crippen molar-refractivity contribution in [3.05, 3.63) is 71.3 Å². The second kappa shape index (κ2) is 7.59. The van der Waals surface area contributed by atoms with Crippen LogP contribution in [-0.2, 0) is 6.42 Å². The maximum Gasteiger partial charge on any atom is 0.244 e. The van der Waals surface area contributed by atoms with E-state index in [9.17, 15) is 4.39 Å². The van der Waals surface area contributed by atoms with Gasteiger partial charge in [-0.1, -0.05) is 29.8 Å². The van der Waals surface area contributed by atoms with Crippen LogP contribution in [0.4, 0.5) is 21.8 Å². The van der Waals surface area contributed by atoms with Crippen LogP contribution in [0.3, 0.4) is 0 Å². The van der Waals surface area contributed by atoms with Gasteiger partial charge in [-0.15, -0.1) is 5.10 Å². The van der Waals surface area contributed by atoms with Crippen LogP contribution >= 0.6 is 11.6 Å². The van der Waals surface area contributed by atoms with Gasteiger partial charge in [-0.25, -0.2) is 4.39 Å². The van der Waals surface area contributed by atoms with Gasteiger partial charge in [0.05, 0.1) is 11.2 Å². The van der Waals surface area contributed by atoms with E-state index in [2.05, 4.69) is 42.9 Å². The van der Waals surface area contributed by atoms with Gasteiger partial charge in [-0.2, -0.15) is 10.1 Å². The SMILES string of the molecule is Fc1ccc(Nc2cnnc(NCCc3c[nH]c4ccccc34)n2)cc1Cl. The number of anilines is 3. The van der Waals surface area contributed by atoms with Crippen molar-refractivity contribution in [2.45, 2.75) is 6.42 Å². The molecule has 2 aromatic heterocycles. The molecule has 2 heterocycles. The second-order valence-electron chi connectivity index (χ2n) is 5.96. The lowest BCUT2D eigenvalue weighted by Crippen LogP contribution is -2.09. The first-order valence-corrected chi connectivity index (χ1v) is 8.77. The minimum atomic E-state index is -0.470. The first-order chi connectivity index (χ1) is 13.2. The molecule has 136 valence electrons. The van der Waals surface area contributed by atoms with Crippen molar-refractivity contribution in [1.29, 1.82) is 0 Å². The first kappa shape index (κ1) is 17.2. The molecule has 3 N–H and O–H groups in total. The number of nitrogens with one attached hydrogen (secondary N) is 3. The number of rotatable bonds is 6. The largest absolute Gasteiger partial charge is 0.361 e. The second-order valence-corrected chi connectivity index (χ2v) is 6.36. The molecule has 0 saturated carbocycles. The highest BCUT2D eigenvalue weighted by molar-refractivity contribution is 6.31. The Labute approximate surface area is 159 Å². The Morgan fingerprint density at radius 3 is 2.93 bits per heavy atom. The molecular formula is C19H16ClFN6. The molecule has 0 bridgehead atoms. The highest BCUT2D eigenvalue weighted by Gasteiger charge is 2.06. The van der Waals surface area contributed by atoms with Crippen molar-refractivity contribution in [1.82, 2.24) is 20.2 Å². The Hall–Kier alpha value is -3.19. The number of hydrogen-bond acceptors (Lipinski definition) is 5. The molecule has 0 fully saturated rings. The molecule has 4 aromatic rings. The lowest BCUT2D eigenvalue weighted by molar-refractivity contribution is 0.628. The van der Waals surface area contributed by atoms with Crippen LogP contribution in [0.2, 0.25) is 5.02 Å². The topological polar surface area (TPSA) is 78.5 Å². The molecule has 0 atom stereocenters. The van der Waals surface area contributed by atoms with Gasteiger partial charge in [0, 0.05) is 29.3 Å². The molecule has 0 radical (unpaired) electrons. The molecule has 6 nitrogen and oxygen atoms in total. The molecule has 8 heteroatoms. The van der Waals surface area contributed by atoms with Crippen LogP contribution in [0.1, 0.15) is 5.56 Å². The Bertz CT molecular complexity index is 1080. The van der Waals surface area contributed by atoms with Crippen molar-refractivity contribution >= 4 is 40.0 Å². The molecule has 0 spiro atoms. The fourth-order valence-electron chi connectivity index (χ4n) is 2.81. The van der Waals surface area contributed by atoms with E-state index in [0.717, 1.165) is 11.9 Å². The van der Waals surface area contributed by atoms with Crippen LogP contribution in [-0.4, -0.2) is 26.7 Å². The van der Waals surface area contributed by atoms with E-state index in [4.69, 9.17) is 11.6 Å². The maximum absolute atomic E-state index is 13.2. The third-order valence-electron chi connectivity index (χ3n) is 4.10. The molecule has 0 unspecified atom stereocenters. The number of aromatic amines is 1. The van der Waals surface area contributed by atoms with Gasteiger partial charge >= 0.3 is 0 Å². The molecule has 0 saturated heterocycles. The predicted molar refractivity (Wildman–Crippen MR) is 105 cm³/mol. The molecule has 0 aliphatic rings. The van der Waals surface area contributed by atoms with Crippen LogP contribution in [0, 0.1) is 5.82 Å². The summed E-state index contributed by atoms with van der Waals surface area (Å²) in [7, 11) is 0. The van der Waals surface area contributed by atoms with Crippen molar-refractivity contribution in [3.8, 4) is 0 Å². The summed E-state index contributed by atoms with van der Waals surface area (Å²) < 4.78 is 13.2. The zero-order valence-electron chi connectivity index (χ0n) is 14.2. The third kappa shape index (κ3) is 3.98. The summed E-state index contributed by atoms with van der Waals surface area (Å²) in [6.07, 6.45) is 4.32. The van der Waals surface area contributed by atoms with E-state index in [1.807, 2.05) is 18.3 Å². The summed E-state index contributed by atoms with van der Waals surface area (Å²) in [4.78, 5) is 7.62. The Balaban J connectivity index is 1.39. The number of para-hydroxylation sites is 1. The molecule has 0 amide bonds. The van der Waals surface area contributed by atoms with E-state index in [1.54, 1.807) is 6.07 Å². The number of aromatic nitrogens is 4. The highest BCUT2D eigenvalue weighted by atomic mass is 35.5. The number of benzene rings is 2. The van der Waals surface area contributed by atoms with E-state index in [1.165, 1.54) is 29.3 Å². The Morgan fingerprint density at radius 1 is 1.15 bits per heavy atom. The first-order valence-electron chi connectivity index (χ1n) is 8.40. The Morgan fingerprint density at radius 2 is 2.04 bits per heavy atom. The number of fused-ring (bicyclic) bond motifs is 1.